The highest BCUT2D eigenvalue weighted by atomic mass is 16.5. The summed E-state index contributed by atoms with van der Waals surface area (Å²) in [5, 5.41) is 3.08. The van der Waals surface area contributed by atoms with Crippen LogP contribution in [0.5, 0.6) is 5.75 Å². The monoisotopic (exact) mass is 390 g/mol. The summed E-state index contributed by atoms with van der Waals surface area (Å²) in [4.78, 5) is 34.0. The number of benzene rings is 2. The lowest BCUT2D eigenvalue weighted by Crippen LogP contribution is -2.41. The number of carbonyl (C=O) groups excluding carboxylic acids is 2. The Morgan fingerprint density at radius 3 is 2.76 bits per heavy atom. The van der Waals surface area contributed by atoms with Crippen molar-refractivity contribution in [3.8, 4) is 5.75 Å². The molecule has 7 heteroatoms. The van der Waals surface area contributed by atoms with Crippen LogP contribution in [-0.4, -0.2) is 34.9 Å². The Morgan fingerprint density at radius 2 is 1.97 bits per heavy atom. The predicted octanol–water partition coefficient (Wildman–Crippen LogP) is 2.63. The van der Waals surface area contributed by atoms with Crippen LogP contribution in [0.1, 0.15) is 23.9 Å². The van der Waals surface area contributed by atoms with Gasteiger partial charge in [-0.1, -0.05) is 42.5 Å². The Bertz CT molecular complexity index is 973. The second-order valence-electron chi connectivity index (χ2n) is 6.82. The molecule has 29 heavy (non-hydrogen) atoms. The van der Waals surface area contributed by atoms with Crippen LogP contribution in [0.2, 0.25) is 0 Å². The highest BCUT2D eigenvalue weighted by molar-refractivity contribution is 5.98. The highest BCUT2D eigenvalue weighted by Crippen LogP contribution is 2.31. The minimum Gasteiger partial charge on any atom is -0.482 e. The summed E-state index contributed by atoms with van der Waals surface area (Å²) in [6, 6.07) is 16.9. The summed E-state index contributed by atoms with van der Waals surface area (Å²) >= 11 is 0. The number of imidazole rings is 1. The van der Waals surface area contributed by atoms with Crippen molar-refractivity contribution in [2.75, 3.05) is 18.1 Å². The van der Waals surface area contributed by atoms with Crippen LogP contribution < -0.4 is 15.0 Å². The number of hydrogen-bond donors (Lipinski definition) is 2. The quantitative estimate of drug-likeness (QED) is 0.649. The van der Waals surface area contributed by atoms with Crippen molar-refractivity contribution in [3.05, 3.63) is 78.4 Å². The van der Waals surface area contributed by atoms with Gasteiger partial charge in [0, 0.05) is 31.8 Å². The van der Waals surface area contributed by atoms with E-state index in [9.17, 15) is 9.59 Å². The lowest BCUT2D eigenvalue weighted by Gasteiger charge is -2.29. The molecular formula is C22H22N4O3. The molecule has 2 aromatic carbocycles. The lowest BCUT2D eigenvalue weighted by atomic mass is 10.0. The van der Waals surface area contributed by atoms with Gasteiger partial charge >= 0.3 is 0 Å². The fraction of sp³-hybridized carbons (Fsp3) is 0.227. The maximum absolute atomic E-state index is 12.7. The number of hydrogen-bond acceptors (Lipinski definition) is 4. The van der Waals surface area contributed by atoms with E-state index in [-0.39, 0.29) is 30.9 Å². The molecule has 7 nitrogen and oxygen atoms in total. The third kappa shape index (κ3) is 4.45. The van der Waals surface area contributed by atoms with E-state index in [1.165, 1.54) is 0 Å². The first-order chi connectivity index (χ1) is 14.2. The molecule has 2 N–H and O–H groups in total. The molecule has 148 valence electrons. The number of carbonyl (C=O) groups is 2. The summed E-state index contributed by atoms with van der Waals surface area (Å²) in [5.74, 6) is 1.19. The normalized spacial score (nSPS) is 14.1. The van der Waals surface area contributed by atoms with Crippen molar-refractivity contribution in [2.45, 2.75) is 18.9 Å². The van der Waals surface area contributed by atoms with Gasteiger partial charge in [0.2, 0.25) is 5.91 Å². The van der Waals surface area contributed by atoms with Crippen LogP contribution in [0.15, 0.2) is 67.0 Å². The number of fused-ring (bicyclic) bond motifs is 1. The number of ether oxygens (including phenoxy) is 1. The summed E-state index contributed by atoms with van der Waals surface area (Å²) < 4.78 is 5.45. The Balaban J connectivity index is 1.43. The minimum atomic E-state index is -0.206. The van der Waals surface area contributed by atoms with E-state index in [0.29, 0.717) is 24.4 Å². The van der Waals surface area contributed by atoms with Gasteiger partial charge in [-0.2, -0.15) is 0 Å². The average Bonchev–Trinajstić information content (AvgIpc) is 3.26. The van der Waals surface area contributed by atoms with Crippen LogP contribution >= 0.6 is 0 Å². The Morgan fingerprint density at radius 1 is 1.17 bits per heavy atom. The van der Waals surface area contributed by atoms with Gasteiger partial charge in [0.1, 0.15) is 11.6 Å². The van der Waals surface area contributed by atoms with Crippen molar-refractivity contribution < 1.29 is 14.3 Å². The molecule has 0 radical (unpaired) electrons. The first-order valence-corrected chi connectivity index (χ1v) is 9.55. The number of nitrogens with zero attached hydrogens (tertiary/aromatic N) is 2. The molecule has 0 fully saturated rings. The number of H-pyrrole nitrogens is 1. The molecule has 2 heterocycles. The number of nitrogens with one attached hydrogen (secondary N) is 2. The first kappa shape index (κ1) is 18.7. The Hall–Kier alpha value is -3.61. The zero-order valence-electron chi connectivity index (χ0n) is 15.9. The molecular weight excluding hydrogens is 368 g/mol. The molecule has 0 bridgehead atoms. The predicted molar refractivity (Wildman–Crippen MR) is 109 cm³/mol. The molecule has 2 amide bonds. The van der Waals surface area contributed by atoms with Gasteiger partial charge in [0.25, 0.3) is 5.91 Å². The second-order valence-corrected chi connectivity index (χ2v) is 6.82. The van der Waals surface area contributed by atoms with Gasteiger partial charge in [-0.15, -0.1) is 0 Å². The summed E-state index contributed by atoms with van der Waals surface area (Å²) in [5.41, 5.74) is 1.71. The molecule has 1 aliphatic heterocycles. The molecule has 4 rings (SSSR count). The van der Waals surface area contributed by atoms with Crippen LogP contribution in [0.4, 0.5) is 5.69 Å². The summed E-state index contributed by atoms with van der Waals surface area (Å²) in [7, 11) is 0. The molecule has 0 spiro atoms. The van der Waals surface area contributed by atoms with Gasteiger partial charge in [-0.05, 0) is 17.7 Å². The van der Waals surface area contributed by atoms with Crippen molar-refractivity contribution in [1.82, 2.24) is 15.3 Å². The van der Waals surface area contributed by atoms with Gasteiger partial charge in [-0.25, -0.2) is 4.98 Å². The lowest BCUT2D eigenvalue weighted by molar-refractivity contribution is -0.122. The second kappa shape index (κ2) is 8.60. The molecule has 0 saturated heterocycles. The zero-order valence-corrected chi connectivity index (χ0v) is 15.9. The smallest absolute Gasteiger partial charge is 0.265 e. The first-order valence-electron chi connectivity index (χ1n) is 9.55. The Kier molecular flexibility index (Phi) is 5.56. The number of aromatic nitrogens is 2. The highest BCUT2D eigenvalue weighted by Gasteiger charge is 2.26. The molecule has 3 aromatic rings. The van der Waals surface area contributed by atoms with Crippen LogP contribution in [0, 0.1) is 0 Å². The molecule has 1 atom stereocenters. The van der Waals surface area contributed by atoms with E-state index >= 15 is 0 Å². The summed E-state index contributed by atoms with van der Waals surface area (Å²) in [6.07, 6.45) is 4.21. The molecule has 0 aliphatic carbocycles. The van der Waals surface area contributed by atoms with E-state index in [1.807, 2.05) is 54.6 Å². The largest absolute Gasteiger partial charge is 0.482 e. The number of para-hydroxylation sites is 2. The number of amides is 2. The van der Waals surface area contributed by atoms with Crippen LogP contribution in [0.3, 0.4) is 0 Å². The summed E-state index contributed by atoms with van der Waals surface area (Å²) in [6.45, 7) is 0.289. The SMILES string of the molecule is O=C(CCN1C(=O)COc2ccccc21)N[C@H](Cc1ncc[nH]1)c1ccccc1. The zero-order chi connectivity index (χ0) is 20.1. The van der Waals surface area contributed by atoms with E-state index < -0.39 is 0 Å². The van der Waals surface area contributed by atoms with Gasteiger partial charge in [-0.3, -0.25) is 9.59 Å². The third-order valence-corrected chi connectivity index (χ3v) is 4.86. The van der Waals surface area contributed by atoms with E-state index in [1.54, 1.807) is 17.3 Å². The Labute approximate surface area is 168 Å². The van der Waals surface area contributed by atoms with Crippen LogP contribution in [0.25, 0.3) is 0 Å². The maximum atomic E-state index is 12.7. The third-order valence-electron chi connectivity index (χ3n) is 4.86. The number of anilines is 1. The van der Waals surface area contributed by atoms with Crippen LogP contribution in [-0.2, 0) is 16.0 Å². The van der Waals surface area contributed by atoms with E-state index in [0.717, 1.165) is 11.4 Å². The fourth-order valence-corrected chi connectivity index (χ4v) is 3.42. The van der Waals surface area contributed by atoms with Gasteiger partial charge in [0.05, 0.1) is 11.7 Å². The topological polar surface area (TPSA) is 87.3 Å². The van der Waals surface area contributed by atoms with Crippen molar-refractivity contribution in [3.63, 3.8) is 0 Å². The molecule has 1 aliphatic rings. The van der Waals surface area contributed by atoms with Crippen molar-refractivity contribution >= 4 is 17.5 Å². The molecule has 0 unspecified atom stereocenters. The number of aromatic amines is 1. The van der Waals surface area contributed by atoms with E-state index in [4.69, 9.17) is 4.74 Å². The van der Waals surface area contributed by atoms with Crippen molar-refractivity contribution in [1.29, 1.82) is 0 Å². The van der Waals surface area contributed by atoms with Crippen molar-refractivity contribution in [2.24, 2.45) is 0 Å². The average molecular weight is 390 g/mol. The minimum absolute atomic E-state index is 0.0102. The fourth-order valence-electron chi connectivity index (χ4n) is 3.42. The van der Waals surface area contributed by atoms with E-state index in [2.05, 4.69) is 15.3 Å². The molecule has 0 saturated carbocycles. The standard InChI is InChI=1S/C22H22N4O3/c27-21(10-13-26-18-8-4-5-9-19(18)29-15-22(26)28)25-17(14-20-23-11-12-24-20)16-6-2-1-3-7-16/h1-9,11-12,17H,10,13-15H2,(H,23,24)(H,25,27)/t17-/m1/s1. The maximum Gasteiger partial charge on any atom is 0.265 e. The molecule has 1 aromatic heterocycles. The van der Waals surface area contributed by atoms with Gasteiger partial charge in [0.15, 0.2) is 6.61 Å². The number of rotatable bonds is 7. The van der Waals surface area contributed by atoms with Gasteiger partial charge < -0.3 is 19.9 Å².